The topological polar surface area (TPSA) is 32.3 Å². The number of anilines is 2. The van der Waals surface area contributed by atoms with Crippen molar-refractivity contribution in [2.24, 2.45) is 0 Å². The molecule has 2 atom stereocenters. The van der Waals surface area contributed by atoms with E-state index < -0.39 is 0 Å². The first-order valence-corrected chi connectivity index (χ1v) is 13.4. The number of fused-ring (bicyclic) bond motifs is 1. The average molecular weight is 445 g/mol. The van der Waals surface area contributed by atoms with Gasteiger partial charge in [-0.15, -0.1) is 0 Å². The van der Waals surface area contributed by atoms with E-state index in [9.17, 15) is 4.79 Å². The molecule has 3 aliphatic rings. The second kappa shape index (κ2) is 9.91. The van der Waals surface area contributed by atoms with Crippen LogP contribution in [0.3, 0.4) is 0 Å². The molecule has 0 bridgehead atoms. The summed E-state index contributed by atoms with van der Waals surface area (Å²) in [5.74, 6) is 1.56. The highest BCUT2D eigenvalue weighted by molar-refractivity contribution is 5.93. The van der Waals surface area contributed by atoms with E-state index in [0.717, 1.165) is 18.0 Å². The molecule has 2 saturated carbocycles. The maximum absolute atomic E-state index is 12.5. The summed E-state index contributed by atoms with van der Waals surface area (Å²) in [6, 6.07) is 16.6. The summed E-state index contributed by atoms with van der Waals surface area (Å²) >= 11 is 0. The number of nitrogens with zero attached hydrogens (tertiary/aromatic N) is 1. The minimum atomic E-state index is 0.143. The maximum Gasteiger partial charge on any atom is 0.224 e. The fourth-order valence-corrected chi connectivity index (χ4v) is 6.68. The minimum Gasteiger partial charge on any atom is -0.378 e. The summed E-state index contributed by atoms with van der Waals surface area (Å²) in [6.07, 6.45) is 14.4. The second-order valence-electron chi connectivity index (χ2n) is 10.8. The Labute approximate surface area is 200 Å². The van der Waals surface area contributed by atoms with Gasteiger partial charge in [0.25, 0.3) is 0 Å². The molecule has 5 rings (SSSR count). The average Bonchev–Trinajstić information content (AvgIpc) is 2.85. The lowest BCUT2D eigenvalue weighted by Crippen LogP contribution is -2.43. The van der Waals surface area contributed by atoms with Gasteiger partial charge in [0.15, 0.2) is 0 Å². The fraction of sp³-hybridized carbons (Fsp3) is 0.567. The molecule has 1 aliphatic heterocycles. The van der Waals surface area contributed by atoms with E-state index in [1.807, 2.05) is 4.90 Å². The number of hydrogen-bond donors (Lipinski definition) is 1. The third-order valence-electron chi connectivity index (χ3n) is 8.45. The SMILES string of the molecule is CC(=O)N1c2ccc(C3CCCCC3)cc2C(Nc2ccc(C3CCCCC3)cc2)CC1C. The summed E-state index contributed by atoms with van der Waals surface area (Å²) in [7, 11) is 0. The van der Waals surface area contributed by atoms with Crippen LogP contribution in [0.15, 0.2) is 42.5 Å². The van der Waals surface area contributed by atoms with Crippen molar-refractivity contribution in [1.82, 2.24) is 0 Å². The van der Waals surface area contributed by atoms with Gasteiger partial charge in [0, 0.05) is 24.3 Å². The summed E-state index contributed by atoms with van der Waals surface area (Å²) in [4.78, 5) is 14.5. The molecule has 1 N–H and O–H groups in total. The molecule has 3 nitrogen and oxygen atoms in total. The first kappa shape index (κ1) is 22.5. The number of carbonyl (C=O) groups is 1. The van der Waals surface area contributed by atoms with E-state index in [-0.39, 0.29) is 18.0 Å². The van der Waals surface area contributed by atoms with E-state index in [4.69, 9.17) is 0 Å². The lowest BCUT2D eigenvalue weighted by molar-refractivity contribution is -0.117. The van der Waals surface area contributed by atoms with Crippen LogP contribution < -0.4 is 10.2 Å². The minimum absolute atomic E-state index is 0.143. The molecule has 2 aromatic carbocycles. The van der Waals surface area contributed by atoms with Crippen LogP contribution in [-0.2, 0) is 4.79 Å². The van der Waals surface area contributed by atoms with Crippen molar-refractivity contribution in [2.75, 3.05) is 10.2 Å². The number of carbonyl (C=O) groups excluding carboxylic acids is 1. The quantitative estimate of drug-likeness (QED) is 0.517. The van der Waals surface area contributed by atoms with Crippen molar-refractivity contribution in [1.29, 1.82) is 0 Å². The van der Waals surface area contributed by atoms with Crippen LogP contribution >= 0.6 is 0 Å². The smallest absolute Gasteiger partial charge is 0.224 e. The van der Waals surface area contributed by atoms with Gasteiger partial charge < -0.3 is 10.2 Å². The van der Waals surface area contributed by atoms with Gasteiger partial charge in [-0.25, -0.2) is 0 Å². The van der Waals surface area contributed by atoms with Crippen LogP contribution in [0, 0.1) is 0 Å². The van der Waals surface area contributed by atoms with Gasteiger partial charge in [0.1, 0.15) is 0 Å². The number of rotatable bonds is 4. The normalized spacial score (nSPS) is 24.4. The second-order valence-corrected chi connectivity index (χ2v) is 10.8. The summed E-state index contributed by atoms with van der Waals surface area (Å²) in [5, 5.41) is 3.85. The van der Waals surface area contributed by atoms with Crippen LogP contribution in [-0.4, -0.2) is 11.9 Å². The first-order valence-electron chi connectivity index (χ1n) is 13.4. The van der Waals surface area contributed by atoms with Crippen LogP contribution in [0.2, 0.25) is 0 Å². The summed E-state index contributed by atoms with van der Waals surface area (Å²) < 4.78 is 0. The van der Waals surface area contributed by atoms with E-state index in [0.29, 0.717) is 5.92 Å². The lowest BCUT2D eigenvalue weighted by atomic mass is 9.81. The first-order chi connectivity index (χ1) is 16.1. The zero-order valence-electron chi connectivity index (χ0n) is 20.5. The largest absolute Gasteiger partial charge is 0.378 e. The Morgan fingerprint density at radius 3 is 2.00 bits per heavy atom. The Morgan fingerprint density at radius 1 is 0.818 bits per heavy atom. The lowest BCUT2D eigenvalue weighted by Gasteiger charge is -2.40. The molecule has 0 saturated heterocycles. The molecule has 3 heteroatoms. The predicted molar refractivity (Wildman–Crippen MR) is 138 cm³/mol. The van der Waals surface area contributed by atoms with Crippen LogP contribution in [0.5, 0.6) is 0 Å². The van der Waals surface area contributed by atoms with Gasteiger partial charge in [0.05, 0.1) is 6.04 Å². The Bertz CT molecular complexity index is 954. The molecule has 1 heterocycles. The van der Waals surface area contributed by atoms with Gasteiger partial charge in [-0.3, -0.25) is 4.79 Å². The molecular formula is C30H40N2O. The van der Waals surface area contributed by atoms with Crippen LogP contribution in [0.1, 0.15) is 119 Å². The molecule has 2 aromatic rings. The molecule has 2 fully saturated rings. The predicted octanol–water partition coefficient (Wildman–Crippen LogP) is 8.08. The molecular weight excluding hydrogens is 404 g/mol. The molecule has 1 amide bonds. The third kappa shape index (κ3) is 4.83. The summed E-state index contributed by atoms with van der Waals surface area (Å²) in [5.41, 5.74) is 6.54. The molecule has 176 valence electrons. The van der Waals surface area contributed by atoms with E-state index >= 15 is 0 Å². The van der Waals surface area contributed by atoms with Gasteiger partial charge >= 0.3 is 0 Å². The van der Waals surface area contributed by atoms with Gasteiger partial charge in [0.2, 0.25) is 5.91 Å². The third-order valence-corrected chi connectivity index (χ3v) is 8.45. The van der Waals surface area contributed by atoms with Gasteiger partial charge in [-0.2, -0.15) is 0 Å². The van der Waals surface area contributed by atoms with Crippen LogP contribution in [0.25, 0.3) is 0 Å². The molecule has 0 spiro atoms. The van der Waals surface area contributed by atoms with Crippen molar-refractivity contribution in [3.05, 3.63) is 59.2 Å². The standard InChI is InChI=1S/C30H40N2O/c1-21-19-29(31-27-16-13-25(14-17-27)23-9-5-3-6-10-23)28-20-26(24-11-7-4-8-12-24)15-18-30(28)32(21)22(2)33/h13-18,20-21,23-24,29,31H,3-12,19H2,1-2H3. The number of amides is 1. The van der Waals surface area contributed by atoms with E-state index in [2.05, 4.69) is 54.7 Å². The van der Waals surface area contributed by atoms with Crippen LogP contribution in [0.4, 0.5) is 11.4 Å². The fourth-order valence-electron chi connectivity index (χ4n) is 6.68. The zero-order valence-corrected chi connectivity index (χ0v) is 20.5. The zero-order chi connectivity index (χ0) is 22.8. The highest BCUT2D eigenvalue weighted by Crippen LogP contribution is 2.42. The highest BCUT2D eigenvalue weighted by atomic mass is 16.2. The van der Waals surface area contributed by atoms with Crippen molar-refractivity contribution in [3.8, 4) is 0 Å². The van der Waals surface area contributed by atoms with Crippen molar-refractivity contribution in [3.63, 3.8) is 0 Å². The Balaban J connectivity index is 1.41. The van der Waals surface area contributed by atoms with Crippen molar-refractivity contribution in [2.45, 2.75) is 108 Å². The summed E-state index contributed by atoms with van der Waals surface area (Å²) in [6.45, 7) is 3.88. The molecule has 2 unspecified atom stereocenters. The number of hydrogen-bond acceptors (Lipinski definition) is 2. The monoisotopic (exact) mass is 444 g/mol. The Hall–Kier alpha value is -2.29. The number of benzene rings is 2. The molecule has 0 aromatic heterocycles. The number of nitrogens with one attached hydrogen (secondary N) is 1. The Morgan fingerprint density at radius 2 is 1.39 bits per heavy atom. The maximum atomic E-state index is 12.5. The molecule has 33 heavy (non-hydrogen) atoms. The van der Waals surface area contributed by atoms with Crippen molar-refractivity contribution >= 4 is 17.3 Å². The van der Waals surface area contributed by atoms with E-state index in [1.54, 1.807) is 6.92 Å². The highest BCUT2D eigenvalue weighted by Gasteiger charge is 2.33. The van der Waals surface area contributed by atoms with Crippen molar-refractivity contribution < 1.29 is 4.79 Å². The van der Waals surface area contributed by atoms with E-state index in [1.165, 1.54) is 86.6 Å². The molecule has 2 aliphatic carbocycles. The van der Waals surface area contributed by atoms with Gasteiger partial charge in [-0.05, 0) is 85.8 Å². The Kier molecular flexibility index (Phi) is 6.76. The van der Waals surface area contributed by atoms with Gasteiger partial charge in [-0.1, -0.05) is 62.8 Å². The molecule has 0 radical (unpaired) electrons.